The molecule has 0 N–H and O–H groups in total. The van der Waals surface area contributed by atoms with E-state index >= 15 is 0 Å². The Bertz CT molecular complexity index is 133. The van der Waals surface area contributed by atoms with E-state index in [1.165, 1.54) is 51.4 Å². The maximum Gasteiger partial charge on any atom is 0.00813 e. The molecule has 0 aliphatic carbocycles. The van der Waals surface area contributed by atoms with Crippen LogP contribution < -0.4 is 0 Å². The van der Waals surface area contributed by atoms with E-state index in [0.717, 1.165) is 3.92 Å². The summed E-state index contributed by atoms with van der Waals surface area (Å²) in [6.45, 7) is 9.34. The molecule has 0 aliphatic rings. The number of alkyl halides is 1. The monoisotopic (exact) mass is 324 g/mol. The predicted octanol–water partition coefficient (Wildman–Crippen LogP) is 5.98. The molecule has 0 saturated carbocycles. The highest BCUT2D eigenvalue weighted by Gasteiger charge is 2.08. The molecule has 15 heavy (non-hydrogen) atoms. The number of unbranched alkanes of at least 4 members (excludes halogenated alkanes) is 5. The van der Waals surface area contributed by atoms with Gasteiger partial charge < -0.3 is 0 Å². The van der Waals surface area contributed by atoms with E-state index < -0.39 is 0 Å². The second-order valence-electron chi connectivity index (χ2n) is 6.00. The normalized spacial score (nSPS) is 14.2. The smallest absolute Gasteiger partial charge is 0.00813 e. The van der Waals surface area contributed by atoms with Crippen LogP contribution in [0.15, 0.2) is 0 Å². The molecule has 0 aromatic heterocycles. The summed E-state index contributed by atoms with van der Waals surface area (Å²) in [5.41, 5.74) is 0.538. The summed E-state index contributed by atoms with van der Waals surface area (Å²) in [6, 6.07) is 0. The number of halogens is 1. The van der Waals surface area contributed by atoms with Crippen molar-refractivity contribution in [2.24, 2.45) is 5.41 Å². The molecule has 0 spiro atoms. The van der Waals surface area contributed by atoms with Gasteiger partial charge in [-0.25, -0.2) is 0 Å². The largest absolute Gasteiger partial charge is 0.0829 e. The molecule has 0 bridgehead atoms. The van der Waals surface area contributed by atoms with Crippen molar-refractivity contribution >= 4 is 22.6 Å². The Morgan fingerprint density at radius 2 is 1.33 bits per heavy atom. The summed E-state index contributed by atoms with van der Waals surface area (Å²) in [4.78, 5) is 0. The maximum absolute atomic E-state index is 2.53. The van der Waals surface area contributed by atoms with Crippen LogP contribution in [0.3, 0.4) is 0 Å². The van der Waals surface area contributed by atoms with Crippen molar-refractivity contribution < 1.29 is 0 Å². The van der Waals surface area contributed by atoms with Crippen LogP contribution in [-0.2, 0) is 0 Å². The van der Waals surface area contributed by atoms with Gasteiger partial charge in [-0.2, -0.15) is 0 Å². The number of hydrogen-bond acceptors (Lipinski definition) is 0. The number of rotatable bonds is 8. The highest BCUT2D eigenvalue weighted by molar-refractivity contribution is 14.1. The van der Waals surface area contributed by atoms with Gasteiger partial charge in [0.2, 0.25) is 0 Å². The van der Waals surface area contributed by atoms with Gasteiger partial charge in [0.05, 0.1) is 0 Å². The minimum absolute atomic E-state index is 0.538. The molecule has 0 amide bonds. The van der Waals surface area contributed by atoms with Crippen molar-refractivity contribution in [1.82, 2.24) is 0 Å². The molecule has 0 aromatic carbocycles. The highest BCUT2D eigenvalue weighted by atomic mass is 127. The zero-order valence-corrected chi connectivity index (χ0v) is 13.3. The molecule has 0 nitrogen and oxygen atoms in total. The highest BCUT2D eigenvalue weighted by Crippen LogP contribution is 2.22. The van der Waals surface area contributed by atoms with E-state index in [1.54, 1.807) is 0 Å². The van der Waals surface area contributed by atoms with E-state index in [-0.39, 0.29) is 0 Å². The first-order valence-corrected chi connectivity index (χ1v) is 7.80. The molecule has 0 saturated heterocycles. The Labute approximate surface area is 111 Å². The van der Waals surface area contributed by atoms with Crippen molar-refractivity contribution in [3.63, 3.8) is 0 Å². The summed E-state index contributed by atoms with van der Waals surface area (Å²) < 4.78 is 0.864. The van der Waals surface area contributed by atoms with Crippen LogP contribution in [0, 0.1) is 5.41 Å². The van der Waals surface area contributed by atoms with Crippen molar-refractivity contribution in [3.05, 3.63) is 0 Å². The average Bonchev–Trinajstić information content (AvgIpc) is 2.07. The Morgan fingerprint density at radius 3 is 1.80 bits per heavy atom. The van der Waals surface area contributed by atoms with Crippen molar-refractivity contribution in [3.8, 4) is 0 Å². The van der Waals surface area contributed by atoms with Crippen molar-refractivity contribution in [1.29, 1.82) is 0 Å². The Hall–Kier alpha value is 0.730. The van der Waals surface area contributed by atoms with Crippen LogP contribution >= 0.6 is 22.6 Å². The predicted molar refractivity (Wildman–Crippen MR) is 79.9 cm³/mol. The fraction of sp³-hybridized carbons (Fsp3) is 1.00. The van der Waals surface area contributed by atoms with E-state index in [2.05, 4.69) is 50.3 Å². The molecule has 0 fully saturated rings. The molecular weight excluding hydrogens is 295 g/mol. The maximum atomic E-state index is 2.53. The Balaban J connectivity index is 3.06. The van der Waals surface area contributed by atoms with Gasteiger partial charge in [0, 0.05) is 3.92 Å². The molecule has 0 aliphatic heterocycles. The van der Waals surface area contributed by atoms with Gasteiger partial charge in [-0.1, -0.05) is 88.8 Å². The molecule has 1 heteroatoms. The third-order valence-corrected chi connectivity index (χ3v) is 3.40. The third kappa shape index (κ3) is 14.7. The van der Waals surface area contributed by atoms with Crippen molar-refractivity contribution in [2.45, 2.75) is 83.0 Å². The van der Waals surface area contributed by atoms with Crippen LogP contribution in [0.25, 0.3) is 0 Å². The second kappa shape index (κ2) is 8.83. The van der Waals surface area contributed by atoms with E-state index in [0.29, 0.717) is 5.41 Å². The lowest BCUT2D eigenvalue weighted by atomic mass is 9.89. The van der Waals surface area contributed by atoms with Crippen LogP contribution in [0.5, 0.6) is 0 Å². The molecule has 0 radical (unpaired) electrons. The van der Waals surface area contributed by atoms with Gasteiger partial charge in [0.25, 0.3) is 0 Å². The topological polar surface area (TPSA) is 0 Å². The molecule has 0 heterocycles. The van der Waals surface area contributed by atoms with Gasteiger partial charge in [-0.3, -0.25) is 0 Å². The SMILES string of the molecule is CC(I)CCCCCCCCC(C)(C)C. The lowest BCUT2D eigenvalue weighted by Gasteiger charge is -2.17. The lowest BCUT2D eigenvalue weighted by Crippen LogP contribution is -2.03. The molecule has 0 aromatic rings. The van der Waals surface area contributed by atoms with Gasteiger partial charge in [-0.05, 0) is 18.3 Å². The van der Waals surface area contributed by atoms with Gasteiger partial charge in [-0.15, -0.1) is 0 Å². The summed E-state index contributed by atoms with van der Waals surface area (Å²) in [5, 5.41) is 0. The van der Waals surface area contributed by atoms with Gasteiger partial charge in [0.1, 0.15) is 0 Å². The van der Waals surface area contributed by atoms with Crippen molar-refractivity contribution in [2.75, 3.05) is 0 Å². The first-order valence-electron chi connectivity index (χ1n) is 6.56. The van der Waals surface area contributed by atoms with E-state index in [9.17, 15) is 0 Å². The minimum Gasteiger partial charge on any atom is -0.0829 e. The summed E-state index contributed by atoms with van der Waals surface area (Å²) in [7, 11) is 0. The van der Waals surface area contributed by atoms with E-state index in [4.69, 9.17) is 0 Å². The first-order chi connectivity index (χ1) is 6.92. The number of hydrogen-bond donors (Lipinski definition) is 0. The van der Waals surface area contributed by atoms with Crippen LogP contribution in [-0.4, -0.2) is 3.92 Å². The van der Waals surface area contributed by atoms with Gasteiger partial charge >= 0.3 is 0 Å². The third-order valence-electron chi connectivity index (χ3n) is 2.78. The van der Waals surface area contributed by atoms with Crippen LogP contribution in [0.1, 0.15) is 79.1 Å². The summed E-state index contributed by atoms with van der Waals surface area (Å²) in [6.07, 6.45) is 11.4. The molecule has 0 rings (SSSR count). The Morgan fingerprint density at radius 1 is 0.867 bits per heavy atom. The quantitative estimate of drug-likeness (QED) is 0.293. The fourth-order valence-electron chi connectivity index (χ4n) is 1.79. The summed E-state index contributed by atoms with van der Waals surface area (Å²) in [5.74, 6) is 0. The van der Waals surface area contributed by atoms with Crippen LogP contribution in [0.2, 0.25) is 0 Å². The standard InChI is InChI=1S/C14H29I/c1-13(15)11-9-7-5-6-8-10-12-14(2,3)4/h13H,5-12H2,1-4H3. The lowest BCUT2D eigenvalue weighted by molar-refractivity contribution is 0.356. The molecule has 1 atom stereocenters. The first kappa shape index (κ1) is 15.7. The molecule has 1 unspecified atom stereocenters. The summed E-state index contributed by atoms with van der Waals surface area (Å²) >= 11 is 2.53. The van der Waals surface area contributed by atoms with E-state index in [1.807, 2.05) is 0 Å². The van der Waals surface area contributed by atoms with Crippen LogP contribution in [0.4, 0.5) is 0 Å². The zero-order chi connectivity index (χ0) is 11.7. The molecule has 92 valence electrons. The zero-order valence-electron chi connectivity index (χ0n) is 11.1. The van der Waals surface area contributed by atoms with Gasteiger partial charge in [0.15, 0.2) is 0 Å². The second-order valence-corrected chi connectivity index (χ2v) is 8.13. The minimum atomic E-state index is 0.538. The fourth-order valence-corrected chi connectivity index (χ4v) is 2.23. The molecular formula is C14H29I. The average molecular weight is 324 g/mol. The Kier molecular flexibility index (Phi) is 9.26.